The van der Waals surface area contributed by atoms with Crippen molar-refractivity contribution in [2.75, 3.05) is 19.0 Å². The van der Waals surface area contributed by atoms with Crippen LogP contribution in [0.4, 0.5) is 0 Å². The van der Waals surface area contributed by atoms with Crippen molar-refractivity contribution in [3.8, 4) is 0 Å². The monoisotopic (exact) mass is 521 g/mol. The predicted molar refractivity (Wildman–Crippen MR) is 118 cm³/mol. The van der Waals surface area contributed by atoms with Gasteiger partial charge >= 0.3 is 0 Å². The zero-order valence-corrected chi connectivity index (χ0v) is 19.5. The molecule has 0 aromatic heterocycles. The van der Waals surface area contributed by atoms with Crippen LogP contribution in [-0.2, 0) is 9.47 Å². The molecule has 0 bridgehead atoms. The average molecular weight is 522 g/mol. The van der Waals surface area contributed by atoms with E-state index < -0.39 is 72.9 Å². The summed E-state index contributed by atoms with van der Waals surface area (Å²) in [6.45, 7) is -1.03. The maximum atomic E-state index is 10.1. The van der Waals surface area contributed by atoms with Gasteiger partial charge in [0.15, 0.2) is 0 Å². The van der Waals surface area contributed by atoms with E-state index >= 15 is 0 Å². The van der Waals surface area contributed by atoms with Crippen molar-refractivity contribution in [2.45, 2.75) is 79.0 Å². The molecular weight excluding hydrogens is 490 g/mol. The summed E-state index contributed by atoms with van der Waals surface area (Å²) in [7, 11) is 2.55. The fourth-order valence-electron chi connectivity index (χ4n) is 3.13. The highest BCUT2D eigenvalue weighted by Crippen LogP contribution is 2.36. The molecule has 0 saturated carbocycles. The molecule has 9 N–H and O–H groups in total. The van der Waals surface area contributed by atoms with Gasteiger partial charge < -0.3 is 55.5 Å². The molecule has 2 fully saturated rings. The molecule has 0 amide bonds. The summed E-state index contributed by atoms with van der Waals surface area (Å²) >= 11 is 0.894. The molecule has 188 valence electrons. The SMILES string of the molecule is OC[C@H]1O[C@@H](SSCCCC/C(=N/O)S[C@@H]2O[C@H](CO)[C@@H](O)[C@H](O)[C@H]2O)[C@H](O)[C@@H](O)[C@@H]1O. The van der Waals surface area contributed by atoms with Gasteiger partial charge in [0.1, 0.15) is 64.7 Å². The summed E-state index contributed by atoms with van der Waals surface area (Å²) < 4.78 is 10.8. The Kier molecular flexibility index (Phi) is 12.3. The Morgan fingerprint density at radius 2 is 1.25 bits per heavy atom. The number of nitrogens with zero attached hydrogens (tertiary/aromatic N) is 1. The number of thioether (sulfide) groups is 1. The Bertz CT molecular complexity index is 588. The number of ether oxygens (including phenoxy) is 2. The lowest BCUT2D eigenvalue weighted by molar-refractivity contribution is -0.205. The summed E-state index contributed by atoms with van der Waals surface area (Å²) in [6.07, 6.45) is -8.86. The van der Waals surface area contributed by atoms with Crippen molar-refractivity contribution in [3.05, 3.63) is 0 Å². The summed E-state index contributed by atoms with van der Waals surface area (Å²) in [5, 5.41) is 90.4. The molecule has 2 aliphatic heterocycles. The van der Waals surface area contributed by atoms with Crippen LogP contribution in [0, 0.1) is 0 Å². The quantitative estimate of drug-likeness (QED) is 0.0368. The first-order valence-electron chi connectivity index (χ1n) is 10.0. The topological polar surface area (TPSA) is 213 Å². The first-order chi connectivity index (χ1) is 15.2. The van der Waals surface area contributed by atoms with Crippen molar-refractivity contribution in [2.24, 2.45) is 5.16 Å². The highest BCUT2D eigenvalue weighted by atomic mass is 33.1. The van der Waals surface area contributed by atoms with Gasteiger partial charge in [-0.05, 0) is 19.3 Å². The largest absolute Gasteiger partial charge is 0.410 e. The van der Waals surface area contributed by atoms with Crippen LogP contribution < -0.4 is 0 Å². The molecule has 0 aliphatic carbocycles. The Labute approximate surface area is 197 Å². The summed E-state index contributed by atoms with van der Waals surface area (Å²) in [5.41, 5.74) is -1.83. The maximum Gasteiger partial charge on any atom is 0.142 e. The van der Waals surface area contributed by atoms with Crippen LogP contribution in [0.15, 0.2) is 5.16 Å². The fraction of sp³-hybridized carbons (Fsp3) is 0.941. The van der Waals surface area contributed by atoms with E-state index in [2.05, 4.69) is 5.16 Å². The van der Waals surface area contributed by atoms with E-state index in [9.17, 15) is 46.1 Å². The van der Waals surface area contributed by atoms with Crippen molar-refractivity contribution >= 4 is 38.4 Å². The third-order valence-electron chi connectivity index (χ3n) is 5.09. The van der Waals surface area contributed by atoms with Crippen LogP contribution in [0.2, 0.25) is 0 Å². The van der Waals surface area contributed by atoms with E-state index in [0.29, 0.717) is 25.0 Å². The second-order valence-electron chi connectivity index (χ2n) is 7.38. The smallest absolute Gasteiger partial charge is 0.142 e. The molecule has 2 saturated heterocycles. The van der Waals surface area contributed by atoms with Gasteiger partial charge in [-0.3, -0.25) is 0 Å². The Hall–Kier alpha value is 0.120. The molecule has 32 heavy (non-hydrogen) atoms. The molecule has 0 spiro atoms. The third kappa shape index (κ3) is 7.31. The van der Waals surface area contributed by atoms with E-state index in [1.165, 1.54) is 21.6 Å². The Morgan fingerprint density at radius 3 is 1.78 bits per heavy atom. The van der Waals surface area contributed by atoms with Crippen LogP contribution in [0.1, 0.15) is 19.3 Å². The number of aliphatic hydroxyl groups is 8. The lowest BCUT2D eigenvalue weighted by atomic mass is 10.0. The number of aliphatic hydroxyl groups excluding tert-OH is 8. The normalized spacial score (nSPS) is 41.1. The number of hydrogen-bond donors (Lipinski definition) is 9. The minimum atomic E-state index is -1.51. The van der Waals surface area contributed by atoms with E-state index in [-0.39, 0.29) is 5.04 Å². The van der Waals surface area contributed by atoms with Crippen LogP contribution in [-0.4, -0.2) is 130 Å². The average Bonchev–Trinajstić information content (AvgIpc) is 2.80. The molecule has 0 aromatic rings. The maximum absolute atomic E-state index is 10.1. The fourth-order valence-corrected chi connectivity index (χ4v) is 6.74. The summed E-state index contributed by atoms with van der Waals surface area (Å²) in [4.78, 5) is 0. The minimum absolute atomic E-state index is 0.251. The van der Waals surface area contributed by atoms with E-state index in [0.717, 1.165) is 11.8 Å². The number of unbranched alkanes of at least 4 members (excludes halogenated alkanes) is 1. The minimum Gasteiger partial charge on any atom is -0.410 e. The molecule has 2 rings (SSSR count). The van der Waals surface area contributed by atoms with E-state index in [1.54, 1.807) is 0 Å². The number of oxime groups is 1. The highest BCUT2D eigenvalue weighted by Gasteiger charge is 2.45. The van der Waals surface area contributed by atoms with Gasteiger partial charge in [0.05, 0.1) is 13.2 Å². The molecule has 15 heteroatoms. The molecule has 12 nitrogen and oxygen atoms in total. The molecule has 0 radical (unpaired) electrons. The van der Waals surface area contributed by atoms with Crippen molar-refractivity contribution < 1.29 is 55.5 Å². The number of rotatable bonds is 10. The van der Waals surface area contributed by atoms with E-state index in [4.69, 9.17) is 9.47 Å². The van der Waals surface area contributed by atoms with Gasteiger partial charge in [0.25, 0.3) is 0 Å². The summed E-state index contributed by atoms with van der Waals surface area (Å²) in [5.74, 6) is 0.628. The van der Waals surface area contributed by atoms with E-state index in [1.807, 2.05) is 0 Å². The van der Waals surface area contributed by atoms with Crippen molar-refractivity contribution in [1.29, 1.82) is 0 Å². The van der Waals surface area contributed by atoms with Crippen molar-refractivity contribution in [3.63, 3.8) is 0 Å². The highest BCUT2D eigenvalue weighted by molar-refractivity contribution is 8.76. The third-order valence-corrected chi connectivity index (χ3v) is 8.92. The zero-order chi connectivity index (χ0) is 23.8. The lowest BCUT2D eigenvalue weighted by Gasteiger charge is -2.39. The van der Waals surface area contributed by atoms with Gasteiger partial charge in [0.2, 0.25) is 0 Å². The molecule has 0 unspecified atom stereocenters. The van der Waals surface area contributed by atoms with Gasteiger partial charge in [-0.2, -0.15) is 0 Å². The van der Waals surface area contributed by atoms with Crippen LogP contribution in [0.25, 0.3) is 0 Å². The Balaban J connectivity index is 1.69. The van der Waals surface area contributed by atoms with Gasteiger partial charge in [-0.1, -0.05) is 38.5 Å². The lowest BCUT2D eigenvalue weighted by Crippen LogP contribution is -2.57. The standard InChI is InChI=1S/C17H31NO11S3/c19-5-7-10(21)12(23)14(25)16(28-7)31-9(18-27)3-1-2-4-30-32-17-15(26)13(24)11(22)8(6-20)29-17/h7-8,10-17,19-27H,1-6H2/b18-9-/t7-,8-,10-,11-,12+,13+,14-,15-,16+,17+/m1/s1. The molecular formula is C17H31NO11S3. The van der Waals surface area contributed by atoms with Gasteiger partial charge in [-0.15, -0.1) is 0 Å². The van der Waals surface area contributed by atoms with Gasteiger partial charge in [0, 0.05) is 5.75 Å². The van der Waals surface area contributed by atoms with Gasteiger partial charge in [-0.25, -0.2) is 0 Å². The second kappa shape index (κ2) is 13.9. The molecule has 10 atom stereocenters. The van der Waals surface area contributed by atoms with Crippen LogP contribution in [0.3, 0.4) is 0 Å². The summed E-state index contributed by atoms with van der Waals surface area (Å²) in [6, 6.07) is 0. The van der Waals surface area contributed by atoms with Crippen LogP contribution in [0.5, 0.6) is 0 Å². The first kappa shape index (κ1) is 28.4. The Morgan fingerprint density at radius 1 is 0.719 bits per heavy atom. The van der Waals surface area contributed by atoms with Crippen molar-refractivity contribution in [1.82, 2.24) is 0 Å². The molecule has 0 aromatic carbocycles. The zero-order valence-electron chi connectivity index (χ0n) is 17.0. The molecule has 2 heterocycles. The predicted octanol–water partition coefficient (Wildman–Crippen LogP) is -2.34. The number of hydrogen-bond acceptors (Lipinski definition) is 15. The second-order valence-corrected chi connectivity index (χ2v) is 11.1. The van der Waals surface area contributed by atoms with Crippen LogP contribution >= 0.6 is 33.3 Å². The molecule has 2 aliphatic rings. The first-order valence-corrected chi connectivity index (χ1v) is 13.3.